The van der Waals surface area contributed by atoms with Gasteiger partial charge in [-0.15, -0.1) is 5.10 Å². The number of hydrogen-bond donors (Lipinski definition) is 2. The molecule has 0 bridgehead atoms. The lowest BCUT2D eigenvalue weighted by Crippen LogP contribution is -2.15. The smallest absolute Gasteiger partial charge is 0.336 e. The number of benzene rings is 3. The Kier molecular flexibility index (Phi) is 5.54. The maximum absolute atomic E-state index is 13.0. The largest absolute Gasteiger partial charge is 0.478 e. The number of hydrogen-bond acceptors (Lipinski definition) is 5. The minimum atomic E-state index is -0.971. The molecular formula is C27H21N5O3. The number of nitrogens with zero attached hydrogens (tertiary/aromatic N) is 4. The van der Waals surface area contributed by atoms with Gasteiger partial charge >= 0.3 is 5.97 Å². The van der Waals surface area contributed by atoms with Crippen LogP contribution in [0.1, 0.15) is 31.8 Å². The van der Waals surface area contributed by atoms with Gasteiger partial charge in [0.2, 0.25) is 0 Å². The molecule has 8 heteroatoms. The van der Waals surface area contributed by atoms with E-state index in [1.54, 1.807) is 47.4 Å². The SMILES string of the molecule is Cc1cc2c(nnn2-c2ccc(-c3ccccc3C(=O)O)cc2)c(C)c1C(=O)Nc1cccnc1. The topological polar surface area (TPSA) is 110 Å². The zero-order valence-corrected chi connectivity index (χ0v) is 19.1. The summed E-state index contributed by atoms with van der Waals surface area (Å²) in [6.07, 6.45) is 3.24. The average Bonchev–Trinajstić information content (AvgIpc) is 3.29. The molecule has 0 aliphatic rings. The molecule has 0 saturated heterocycles. The third kappa shape index (κ3) is 4.02. The molecule has 35 heavy (non-hydrogen) atoms. The van der Waals surface area contributed by atoms with Crippen molar-refractivity contribution in [1.82, 2.24) is 20.0 Å². The molecule has 0 aliphatic carbocycles. The van der Waals surface area contributed by atoms with Crippen molar-refractivity contribution >= 4 is 28.6 Å². The molecule has 0 atom stereocenters. The van der Waals surface area contributed by atoms with Crippen molar-refractivity contribution in [1.29, 1.82) is 0 Å². The van der Waals surface area contributed by atoms with E-state index in [-0.39, 0.29) is 11.5 Å². The maximum atomic E-state index is 13.0. The Labute approximate surface area is 200 Å². The van der Waals surface area contributed by atoms with E-state index in [2.05, 4.69) is 20.6 Å². The van der Waals surface area contributed by atoms with Crippen molar-refractivity contribution < 1.29 is 14.7 Å². The van der Waals surface area contributed by atoms with Gasteiger partial charge in [0, 0.05) is 11.8 Å². The number of amides is 1. The quantitative estimate of drug-likeness (QED) is 0.377. The van der Waals surface area contributed by atoms with Gasteiger partial charge < -0.3 is 10.4 Å². The van der Waals surface area contributed by atoms with Crippen LogP contribution in [-0.4, -0.2) is 37.0 Å². The van der Waals surface area contributed by atoms with Gasteiger partial charge in [-0.3, -0.25) is 9.78 Å². The summed E-state index contributed by atoms with van der Waals surface area (Å²) in [7, 11) is 0. The van der Waals surface area contributed by atoms with E-state index in [1.807, 2.05) is 50.2 Å². The zero-order valence-electron chi connectivity index (χ0n) is 19.1. The molecule has 2 N–H and O–H groups in total. The van der Waals surface area contributed by atoms with E-state index in [1.165, 1.54) is 0 Å². The normalized spacial score (nSPS) is 10.9. The van der Waals surface area contributed by atoms with Crippen molar-refractivity contribution in [2.75, 3.05) is 5.32 Å². The van der Waals surface area contributed by atoms with Crippen molar-refractivity contribution in [2.45, 2.75) is 13.8 Å². The lowest BCUT2D eigenvalue weighted by atomic mass is 9.99. The summed E-state index contributed by atoms with van der Waals surface area (Å²) in [5, 5.41) is 21.0. The van der Waals surface area contributed by atoms with Gasteiger partial charge in [0.25, 0.3) is 5.91 Å². The first-order valence-electron chi connectivity index (χ1n) is 10.9. The first kappa shape index (κ1) is 22.0. The molecule has 0 saturated carbocycles. The van der Waals surface area contributed by atoms with Crippen LogP contribution in [-0.2, 0) is 0 Å². The molecule has 5 aromatic rings. The average molecular weight is 463 g/mol. The molecule has 0 radical (unpaired) electrons. The Morgan fingerprint density at radius 1 is 0.971 bits per heavy atom. The van der Waals surface area contributed by atoms with Crippen molar-refractivity contribution in [3.63, 3.8) is 0 Å². The Bertz CT molecular complexity index is 1570. The third-order valence-electron chi connectivity index (χ3n) is 5.91. The summed E-state index contributed by atoms with van der Waals surface area (Å²) < 4.78 is 1.71. The lowest BCUT2D eigenvalue weighted by molar-refractivity contribution is 0.0697. The van der Waals surface area contributed by atoms with E-state index in [9.17, 15) is 14.7 Å². The summed E-state index contributed by atoms with van der Waals surface area (Å²) in [5.74, 6) is -1.20. The van der Waals surface area contributed by atoms with E-state index >= 15 is 0 Å². The lowest BCUT2D eigenvalue weighted by Gasteiger charge is -2.12. The highest BCUT2D eigenvalue weighted by Crippen LogP contribution is 2.28. The summed E-state index contributed by atoms with van der Waals surface area (Å²) in [5.41, 5.74) is 6.56. The van der Waals surface area contributed by atoms with E-state index in [4.69, 9.17) is 0 Å². The number of rotatable bonds is 5. The fourth-order valence-electron chi connectivity index (χ4n) is 4.25. The first-order valence-corrected chi connectivity index (χ1v) is 10.9. The van der Waals surface area contributed by atoms with Crippen LogP contribution in [0.4, 0.5) is 5.69 Å². The first-order chi connectivity index (χ1) is 16.9. The summed E-state index contributed by atoms with van der Waals surface area (Å²) in [6, 6.07) is 19.8. The number of pyridine rings is 1. The number of carboxylic acids is 1. The zero-order chi connectivity index (χ0) is 24.5. The molecule has 8 nitrogen and oxygen atoms in total. The number of carboxylic acid groups (broad SMARTS) is 1. The van der Waals surface area contributed by atoms with Crippen LogP contribution in [0, 0.1) is 13.8 Å². The van der Waals surface area contributed by atoms with Gasteiger partial charge in [-0.05, 0) is 72.5 Å². The monoisotopic (exact) mass is 463 g/mol. The molecule has 1 amide bonds. The number of carbonyl (C=O) groups excluding carboxylic acids is 1. The third-order valence-corrected chi connectivity index (χ3v) is 5.91. The Hall–Kier alpha value is -4.85. The second kappa shape index (κ2) is 8.83. The van der Waals surface area contributed by atoms with E-state index < -0.39 is 5.97 Å². The van der Waals surface area contributed by atoms with Crippen LogP contribution in [0.2, 0.25) is 0 Å². The van der Waals surface area contributed by atoms with Crippen molar-refractivity contribution in [3.8, 4) is 16.8 Å². The number of anilines is 1. The number of nitrogens with one attached hydrogen (secondary N) is 1. The van der Waals surface area contributed by atoms with Crippen LogP contribution in [0.15, 0.2) is 79.1 Å². The predicted octanol–water partition coefficient (Wildman–Crippen LogP) is 5.05. The Balaban J connectivity index is 1.51. The van der Waals surface area contributed by atoms with Crippen molar-refractivity contribution in [2.24, 2.45) is 0 Å². The van der Waals surface area contributed by atoms with Gasteiger partial charge in [0.15, 0.2) is 0 Å². The number of aromatic carboxylic acids is 1. The molecule has 0 aliphatic heterocycles. The summed E-state index contributed by atoms with van der Waals surface area (Å²) >= 11 is 0. The molecule has 2 aromatic heterocycles. The minimum Gasteiger partial charge on any atom is -0.478 e. The molecule has 5 rings (SSSR count). The molecule has 0 unspecified atom stereocenters. The van der Waals surface area contributed by atoms with Gasteiger partial charge in [-0.25, -0.2) is 9.48 Å². The van der Waals surface area contributed by atoms with Crippen molar-refractivity contribution in [3.05, 3.63) is 101 Å². The highest BCUT2D eigenvalue weighted by atomic mass is 16.4. The number of fused-ring (bicyclic) bond motifs is 1. The van der Waals surface area contributed by atoms with E-state index in [0.717, 1.165) is 27.9 Å². The Morgan fingerprint density at radius 3 is 2.46 bits per heavy atom. The molecule has 172 valence electrons. The summed E-state index contributed by atoms with van der Waals surface area (Å²) in [4.78, 5) is 28.6. The number of aromatic nitrogens is 4. The maximum Gasteiger partial charge on any atom is 0.336 e. The van der Waals surface area contributed by atoms with Crippen LogP contribution in [0.25, 0.3) is 27.8 Å². The molecule has 3 aromatic carbocycles. The van der Waals surface area contributed by atoms with Gasteiger partial charge in [-0.1, -0.05) is 35.5 Å². The molecular weight excluding hydrogens is 442 g/mol. The standard InChI is InChI=1S/C27H21N5O3/c1-16-14-23-25(17(2)24(16)26(33)29-19-6-5-13-28-15-19)30-31-32(23)20-11-9-18(10-12-20)21-7-3-4-8-22(21)27(34)35/h3-15H,1-2H3,(H,29,33)(H,34,35). The minimum absolute atomic E-state index is 0.231. The molecule has 0 fully saturated rings. The Morgan fingerprint density at radius 2 is 1.74 bits per heavy atom. The van der Waals surface area contributed by atoms with Crippen LogP contribution in [0.3, 0.4) is 0 Å². The predicted molar refractivity (Wildman–Crippen MR) is 133 cm³/mol. The van der Waals surface area contributed by atoms with Gasteiger partial charge in [0.1, 0.15) is 5.52 Å². The van der Waals surface area contributed by atoms with Crippen LogP contribution in [0.5, 0.6) is 0 Å². The van der Waals surface area contributed by atoms with Gasteiger partial charge in [0.05, 0.1) is 28.7 Å². The summed E-state index contributed by atoms with van der Waals surface area (Å²) in [6.45, 7) is 3.74. The fourth-order valence-corrected chi connectivity index (χ4v) is 4.25. The number of aryl methyl sites for hydroxylation is 2. The number of carbonyl (C=O) groups is 2. The van der Waals surface area contributed by atoms with E-state index in [0.29, 0.717) is 22.3 Å². The second-order valence-corrected chi connectivity index (χ2v) is 8.16. The molecule has 0 spiro atoms. The fraction of sp³-hybridized carbons (Fsp3) is 0.0741. The highest BCUT2D eigenvalue weighted by Gasteiger charge is 2.19. The van der Waals surface area contributed by atoms with Crippen LogP contribution >= 0.6 is 0 Å². The van der Waals surface area contributed by atoms with Crippen LogP contribution < -0.4 is 5.32 Å². The van der Waals surface area contributed by atoms with Gasteiger partial charge in [-0.2, -0.15) is 0 Å². The second-order valence-electron chi connectivity index (χ2n) is 8.16. The highest BCUT2D eigenvalue weighted by molar-refractivity contribution is 6.08. The molecule has 2 heterocycles.